The third-order valence-electron chi connectivity index (χ3n) is 2.75. The van der Waals surface area contributed by atoms with E-state index in [1.54, 1.807) is 0 Å². The van der Waals surface area contributed by atoms with Crippen molar-refractivity contribution in [2.75, 3.05) is 0 Å². The summed E-state index contributed by atoms with van der Waals surface area (Å²) in [5, 5.41) is 0.631. The lowest BCUT2D eigenvalue weighted by Gasteiger charge is -2.14. The smallest absolute Gasteiger partial charge is 0.143 e. The van der Waals surface area contributed by atoms with Crippen LogP contribution in [-0.2, 0) is 6.42 Å². The summed E-state index contributed by atoms with van der Waals surface area (Å²) in [6.07, 6.45) is 1.32. The van der Waals surface area contributed by atoms with Crippen molar-refractivity contribution in [2.45, 2.75) is 12.5 Å². The zero-order valence-corrected chi connectivity index (χ0v) is 13.1. The molecule has 2 rings (SSSR count). The van der Waals surface area contributed by atoms with Crippen LogP contribution in [0.25, 0.3) is 0 Å². The summed E-state index contributed by atoms with van der Waals surface area (Å²) in [5.41, 5.74) is 6.16. The van der Waals surface area contributed by atoms with Gasteiger partial charge in [0.25, 0.3) is 0 Å². The van der Waals surface area contributed by atoms with Gasteiger partial charge in [-0.3, -0.25) is 4.98 Å². The SMILES string of the molecule is NC(Cc1c(F)ccc(Br)c1F)c1ncc(Cl)cc1Cl. The predicted octanol–water partition coefficient (Wildman–Crippen LogP) is 4.67. The van der Waals surface area contributed by atoms with Crippen LogP contribution in [0.1, 0.15) is 17.3 Å². The fraction of sp³-hybridized carbons (Fsp3) is 0.154. The van der Waals surface area contributed by atoms with Crippen molar-refractivity contribution in [2.24, 2.45) is 5.73 Å². The molecule has 0 aliphatic heterocycles. The van der Waals surface area contributed by atoms with Gasteiger partial charge in [0.2, 0.25) is 0 Å². The second-order valence-electron chi connectivity index (χ2n) is 4.15. The Labute approximate surface area is 133 Å². The average Bonchev–Trinajstić information content (AvgIpc) is 2.39. The topological polar surface area (TPSA) is 38.9 Å². The van der Waals surface area contributed by atoms with Gasteiger partial charge in [-0.05, 0) is 40.5 Å². The molecule has 2 aromatic rings. The number of halogens is 5. The first-order valence-corrected chi connectivity index (χ1v) is 7.14. The van der Waals surface area contributed by atoms with Crippen LogP contribution < -0.4 is 5.73 Å². The Balaban J connectivity index is 2.32. The van der Waals surface area contributed by atoms with E-state index in [9.17, 15) is 8.78 Å². The van der Waals surface area contributed by atoms with Crippen LogP contribution in [-0.4, -0.2) is 4.98 Å². The number of pyridine rings is 1. The molecule has 0 fully saturated rings. The highest BCUT2D eigenvalue weighted by Gasteiger charge is 2.19. The van der Waals surface area contributed by atoms with Crippen LogP contribution in [0.5, 0.6) is 0 Å². The van der Waals surface area contributed by atoms with Gasteiger partial charge >= 0.3 is 0 Å². The Morgan fingerprint density at radius 1 is 1.30 bits per heavy atom. The maximum absolute atomic E-state index is 13.9. The normalized spacial score (nSPS) is 12.5. The van der Waals surface area contributed by atoms with E-state index in [2.05, 4.69) is 20.9 Å². The maximum Gasteiger partial charge on any atom is 0.143 e. The number of rotatable bonds is 3. The van der Waals surface area contributed by atoms with Crippen LogP contribution in [0.4, 0.5) is 8.78 Å². The van der Waals surface area contributed by atoms with Gasteiger partial charge in [0.15, 0.2) is 0 Å². The van der Waals surface area contributed by atoms with E-state index >= 15 is 0 Å². The van der Waals surface area contributed by atoms with Crippen LogP contribution in [0.3, 0.4) is 0 Å². The third kappa shape index (κ3) is 3.28. The van der Waals surface area contributed by atoms with Crippen molar-refractivity contribution in [1.29, 1.82) is 0 Å². The van der Waals surface area contributed by atoms with Crippen molar-refractivity contribution < 1.29 is 8.78 Å². The summed E-state index contributed by atoms with van der Waals surface area (Å²) in [4.78, 5) is 4.01. The molecular formula is C13H9BrCl2F2N2. The monoisotopic (exact) mass is 380 g/mol. The molecule has 0 aliphatic rings. The van der Waals surface area contributed by atoms with E-state index in [4.69, 9.17) is 28.9 Å². The predicted molar refractivity (Wildman–Crippen MR) is 78.9 cm³/mol. The van der Waals surface area contributed by atoms with Crippen molar-refractivity contribution in [3.8, 4) is 0 Å². The van der Waals surface area contributed by atoms with Crippen molar-refractivity contribution >= 4 is 39.1 Å². The van der Waals surface area contributed by atoms with E-state index in [1.807, 2.05) is 0 Å². The van der Waals surface area contributed by atoms with Crippen LogP contribution in [0, 0.1) is 11.6 Å². The van der Waals surface area contributed by atoms with Crippen LogP contribution in [0.15, 0.2) is 28.9 Å². The molecule has 0 aliphatic carbocycles. The van der Waals surface area contributed by atoms with Crippen LogP contribution in [0.2, 0.25) is 10.0 Å². The summed E-state index contributed by atoms with van der Waals surface area (Å²) in [6.45, 7) is 0. The number of aromatic nitrogens is 1. The maximum atomic E-state index is 13.9. The fourth-order valence-corrected chi connectivity index (χ4v) is 2.66. The number of nitrogens with two attached hydrogens (primary N) is 1. The summed E-state index contributed by atoms with van der Waals surface area (Å²) in [6, 6.07) is 3.22. The van der Waals surface area contributed by atoms with Gasteiger partial charge < -0.3 is 5.73 Å². The number of benzene rings is 1. The molecule has 1 heterocycles. The second kappa shape index (κ2) is 6.35. The van der Waals surface area contributed by atoms with E-state index in [1.165, 1.54) is 24.4 Å². The molecule has 0 bridgehead atoms. The minimum absolute atomic E-state index is 0.0640. The highest BCUT2D eigenvalue weighted by Crippen LogP contribution is 2.28. The molecule has 2 N–H and O–H groups in total. The Morgan fingerprint density at radius 2 is 2.00 bits per heavy atom. The number of hydrogen-bond acceptors (Lipinski definition) is 2. The summed E-state index contributed by atoms with van der Waals surface area (Å²) >= 11 is 14.7. The molecule has 0 saturated carbocycles. The zero-order valence-electron chi connectivity index (χ0n) is 10.0. The Morgan fingerprint density at radius 3 is 2.65 bits per heavy atom. The van der Waals surface area contributed by atoms with Crippen molar-refractivity contribution in [1.82, 2.24) is 4.98 Å². The second-order valence-corrected chi connectivity index (χ2v) is 5.85. The molecule has 0 amide bonds. The lowest BCUT2D eigenvalue weighted by Crippen LogP contribution is -2.17. The number of nitrogens with zero attached hydrogens (tertiary/aromatic N) is 1. The highest BCUT2D eigenvalue weighted by atomic mass is 79.9. The summed E-state index contributed by atoms with van der Waals surface area (Å²) in [7, 11) is 0. The Hall–Kier alpha value is -0.750. The zero-order chi connectivity index (χ0) is 14.9. The molecule has 7 heteroatoms. The minimum atomic E-state index is -0.738. The molecular weight excluding hydrogens is 373 g/mol. The van der Waals surface area contributed by atoms with E-state index in [0.717, 1.165) is 0 Å². The van der Waals surface area contributed by atoms with Gasteiger partial charge in [0.05, 0.1) is 26.3 Å². The van der Waals surface area contributed by atoms with Gasteiger partial charge in [-0.25, -0.2) is 8.78 Å². The third-order valence-corrected chi connectivity index (χ3v) is 3.87. The first kappa shape index (κ1) is 15.6. The van der Waals surface area contributed by atoms with E-state index < -0.39 is 17.7 Å². The van der Waals surface area contributed by atoms with Gasteiger partial charge in [0, 0.05) is 11.8 Å². The summed E-state index contributed by atoms with van der Waals surface area (Å²) < 4.78 is 27.7. The summed E-state index contributed by atoms with van der Waals surface area (Å²) in [5.74, 6) is -1.34. The average molecular weight is 382 g/mol. The molecule has 2 nitrogen and oxygen atoms in total. The lowest BCUT2D eigenvalue weighted by atomic mass is 10.0. The minimum Gasteiger partial charge on any atom is -0.322 e. The molecule has 1 unspecified atom stereocenters. The molecule has 0 radical (unpaired) electrons. The molecule has 1 aromatic carbocycles. The molecule has 0 spiro atoms. The van der Waals surface area contributed by atoms with Gasteiger partial charge in [0.1, 0.15) is 11.6 Å². The first-order valence-electron chi connectivity index (χ1n) is 5.59. The molecule has 1 aromatic heterocycles. The van der Waals surface area contributed by atoms with Gasteiger partial charge in [-0.2, -0.15) is 0 Å². The quantitative estimate of drug-likeness (QED) is 0.784. The molecule has 1 atom stereocenters. The fourth-order valence-electron chi connectivity index (χ4n) is 1.77. The first-order chi connectivity index (χ1) is 9.40. The lowest BCUT2D eigenvalue weighted by molar-refractivity contribution is 0.534. The molecule has 106 valence electrons. The highest BCUT2D eigenvalue weighted by molar-refractivity contribution is 9.10. The van der Waals surface area contributed by atoms with Crippen molar-refractivity contribution in [3.05, 3.63) is 61.8 Å². The van der Waals surface area contributed by atoms with E-state index in [0.29, 0.717) is 10.7 Å². The number of hydrogen-bond donors (Lipinski definition) is 1. The van der Waals surface area contributed by atoms with E-state index in [-0.39, 0.29) is 21.5 Å². The standard InChI is InChI=1S/C13H9BrCl2F2N2/c14-8-1-2-10(17)7(12(8)18)4-11(19)13-9(16)3-6(15)5-20-13/h1-3,5,11H,4,19H2. The Bertz CT molecular complexity index is 653. The van der Waals surface area contributed by atoms with Crippen LogP contribution >= 0.6 is 39.1 Å². The molecule has 0 saturated heterocycles. The van der Waals surface area contributed by atoms with Gasteiger partial charge in [-0.1, -0.05) is 23.2 Å². The molecule has 20 heavy (non-hydrogen) atoms. The Kier molecular flexibility index (Phi) is 4.96. The largest absolute Gasteiger partial charge is 0.322 e. The van der Waals surface area contributed by atoms with Gasteiger partial charge in [-0.15, -0.1) is 0 Å². The van der Waals surface area contributed by atoms with Crippen molar-refractivity contribution in [3.63, 3.8) is 0 Å².